The van der Waals surface area contributed by atoms with Gasteiger partial charge in [0, 0.05) is 173 Å². The van der Waals surface area contributed by atoms with Crippen LogP contribution in [0.5, 0.6) is 0 Å². The SMILES string of the molecule is CCC(COC(=O)NC)OC(=O)NCCC[Si](OC)(OC)OC.CCO[Si](CCCNC(=O)OC(CC)COC(=O)NC)(OCC)OCC.CCO[Si](CCCNC(=O)OCC(C)COC(=O)NC)(OCC)OCC.CNC(=O)OCC(C)COC(=O)NCCC[Si](OC)(OC)OC. The van der Waals surface area contributed by atoms with Gasteiger partial charge in [-0.15, -0.1) is 0 Å². The van der Waals surface area contributed by atoms with E-state index in [9.17, 15) is 38.4 Å². The van der Waals surface area contributed by atoms with E-state index < -0.39 is 96.2 Å². The molecule has 8 N–H and O–H groups in total. The Balaban J connectivity index is -0.000000602. The van der Waals surface area contributed by atoms with E-state index in [2.05, 4.69) is 42.5 Å². The van der Waals surface area contributed by atoms with Crippen molar-refractivity contribution in [2.45, 2.75) is 144 Å². The third-order valence-electron chi connectivity index (χ3n) is 12.8. The maximum atomic E-state index is 11.9. The average molecular weight is 1490 g/mol. The summed E-state index contributed by atoms with van der Waals surface area (Å²) < 4.78 is 106. The van der Waals surface area contributed by atoms with Gasteiger partial charge in [-0.2, -0.15) is 0 Å². The first-order valence-corrected chi connectivity index (χ1v) is 40.7. The van der Waals surface area contributed by atoms with Crippen LogP contribution in [0.1, 0.15) is 108 Å². The maximum Gasteiger partial charge on any atom is 0.500 e. The molecule has 0 saturated carbocycles. The van der Waals surface area contributed by atoms with Gasteiger partial charge >= 0.3 is 84.0 Å². The summed E-state index contributed by atoms with van der Waals surface area (Å²) >= 11 is 0. The van der Waals surface area contributed by atoms with Crippen molar-refractivity contribution in [2.24, 2.45) is 11.8 Å². The van der Waals surface area contributed by atoms with Gasteiger partial charge in [-0.05, 0) is 80.1 Å². The Bertz CT molecular complexity index is 2010. The molecule has 0 spiro atoms. The van der Waals surface area contributed by atoms with Gasteiger partial charge in [0.25, 0.3) is 0 Å². The Hall–Kier alpha value is -5.45. The van der Waals surface area contributed by atoms with Crippen molar-refractivity contribution < 1.29 is 129 Å². The molecule has 0 bridgehead atoms. The van der Waals surface area contributed by atoms with Crippen LogP contribution in [-0.2, 0) is 91.0 Å². The second kappa shape index (κ2) is 63.7. The minimum atomic E-state index is -2.69. The molecule has 0 radical (unpaired) electrons. The lowest BCUT2D eigenvalue weighted by atomic mass is 10.2. The first kappa shape index (κ1) is 98.9. The molecule has 0 saturated heterocycles. The number of amides is 8. The Labute approximate surface area is 586 Å². The Morgan fingerprint density at radius 3 is 0.704 bits per heavy atom. The van der Waals surface area contributed by atoms with Gasteiger partial charge in [0.15, 0.2) is 0 Å². The first-order valence-electron chi connectivity index (χ1n) is 33.0. The highest BCUT2D eigenvalue weighted by Gasteiger charge is 2.41. The van der Waals surface area contributed by atoms with Gasteiger partial charge < -0.3 is 134 Å². The van der Waals surface area contributed by atoms with Crippen molar-refractivity contribution in [3.8, 4) is 0 Å². The summed E-state index contributed by atoms with van der Waals surface area (Å²) in [5, 5.41) is 20.0. The van der Waals surface area contributed by atoms with Crippen molar-refractivity contribution in [2.75, 3.05) is 176 Å². The van der Waals surface area contributed by atoms with Crippen LogP contribution < -0.4 is 42.5 Å². The van der Waals surface area contributed by atoms with E-state index in [4.69, 9.17) is 91.0 Å². The molecule has 4 unspecified atom stereocenters. The number of nitrogens with one attached hydrogen (secondary N) is 8. The smallest absolute Gasteiger partial charge is 0.449 e. The fourth-order valence-corrected chi connectivity index (χ4v) is 16.3. The molecule has 580 valence electrons. The number of hydrogen-bond acceptors (Lipinski definition) is 28. The van der Waals surface area contributed by atoms with Crippen LogP contribution in [-0.4, -0.2) is 272 Å². The fraction of sp³-hybridized carbons (Fsp3) is 0.862. The van der Waals surface area contributed by atoms with Crippen LogP contribution in [0.3, 0.4) is 0 Å². The summed E-state index contributed by atoms with van der Waals surface area (Å²) in [5.41, 5.74) is 0. The zero-order valence-corrected chi connectivity index (χ0v) is 66.1. The lowest BCUT2D eigenvalue weighted by molar-refractivity contribution is 0.0428. The number of alkyl carbamates (subject to hydrolysis) is 8. The highest BCUT2D eigenvalue weighted by Crippen LogP contribution is 2.20. The second-order valence-corrected chi connectivity index (χ2v) is 32.0. The monoisotopic (exact) mass is 1490 g/mol. The predicted octanol–water partition coefficient (Wildman–Crippen LogP) is 6.52. The predicted molar refractivity (Wildman–Crippen MR) is 368 cm³/mol. The molecule has 40 heteroatoms. The maximum absolute atomic E-state index is 11.9. The number of carbonyl (C=O) groups excluding carboxylic acids is 8. The van der Waals surface area contributed by atoms with E-state index >= 15 is 0 Å². The van der Waals surface area contributed by atoms with Crippen LogP contribution in [0.25, 0.3) is 0 Å². The number of carbonyl (C=O) groups is 8. The Morgan fingerprint density at radius 2 is 0.500 bits per heavy atom. The topological polar surface area (TPSA) is 417 Å². The van der Waals surface area contributed by atoms with Gasteiger partial charge in [-0.25, -0.2) is 38.4 Å². The Morgan fingerprint density at radius 1 is 0.296 bits per heavy atom. The van der Waals surface area contributed by atoms with Crippen molar-refractivity contribution >= 4 is 84.0 Å². The van der Waals surface area contributed by atoms with E-state index in [1.165, 1.54) is 28.2 Å². The molecule has 8 amide bonds. The van der Waals surface area contributed by atoms with E-state index in [1.54, 1.807) is 42.7 Å². The zero-order chi connectivity index (χ0) is 75.1. The van der Waals surface area contributed by atoms with Gasteiger partial charge in [0.05, 0.1) is 26.4 Å². The molecule has 98 heavy (non-hydrogen) atoms. The quantitative estimate of drug-likeness (QED) is 0.0182. The molecule has 0 rings (SSSR count). The molecular formula is C58H124N8O28Si4. The standard InChI is InChI=1S/2C16H34N2O7Si.2C13H28N2O7Si/c1-6-23-26(24-7-2,25-8-3)11-9-10-18-16(20)22-13-14(4)12-21-15(19)17-5;1-6-14(13-21-15(19)17-5)25-16(20)18-11-10-12-26(22-7-2,23-8-3)24-9-4;1-11(9-21-12(16)14-2)10-22-13(17)15-7-6-8-23(18-3,19-4)20-5;1-6-11(10-21-12(16)14-2)22-13(17)15-8-7-9-23(18-3,19-4)20-5/h2*14H,6-13H2,1-5H3,(H,17,19)(H,18,20);2*11H,6-10H2,1-5H3,(H,14,16)(H,15,17). The van der Waals surface area contributed by atoms with Gasteiger partial charge in [0.2, 0.25) is 0 Å². The summed E-state index contributed by atoms with van der Waals surface area (Å²) in [6.07, 6.45) is -1.59. The van der Waals surface area contributed by atoms with Crippen LogP contribution >= 0.6 is 0 Å². The van der Waals surface area contributed by atoms with E-state index in [-0.39, 0.29) is 51.5 Å². The molecule has 0 aromatic carbocycles. The minimum absolute atomic E-state index is 0.0106. The third-order valence-corrected chi connectivity index (χ3v) is 24.8. The highest BCUT2D eigenvalue weighted by molar-refractivity contribution is 6.61. The molecule has 36 nitrogen and oxygen atoms in total. The average Bonchev–Trinajstić information content (AvgIpc) is 0.940. The summed E-state index contributed by atoms with van der Waals surface area (Å²) in [6.45, 7) is 24.3. The van der Waals surface area contributed by atoms with E-state index in [0.29, 0.717) is 129 Å². The molecular weight excluding hydrogens is 1370 g/mol. The van der Waals surface area contributed by atoms with Crippen molar-refractivity contribution in [3.05, 3.63) is 0 Å². The van der Waals surface area contributed by atoms with Gasteiger partial charge in [-0.1, -0.05) is 27.7 Å². The second-order valence-electron chi connectivity index (χ2n) is 20.3. The van der Waals surface area contributed by atoms with Crippen LogP contribution in [0.2, 0.25) is 24.2 Å². The van der Waals surface area contributed by atoms with Crippen molar-refractivity contribution in [3.63, 3.8) is 0 Å². The molecule has 0 fully saturated rings. The third kappa shape index (κ3) is 51.7. The summed E-state index contributed by atoms with van der Waals surface area (Å²) in [4.78, 5) is 90.7. The van der Waals surface area contributed by atoms with Crippen LogP contribution in [0.15, 0.2) is 0 Å². The summed E-state index contributed by atoms with van der Waals surface area (Å²) in [7, 11) is 4.56. The van der Waals surface area contributed by atoms with Gasteiger partial charge in [0.1, 0.15) is 25.4 Å². The molecule has 0 aromatic heterocycles. The van der Waals surface area contributed by atoms with E-state index in [0.717, 1.165) is 0 Å². The van der Waals surface area contributed by atoms with E-state index in [1.807, 2.05) is 69.2 Å². The number of hydrogen-bond donors (Lipinski definition) is 8. The van der Waals surface area contributed by atoms with Crippen LogP contribution in [0.4, 0.5) is 38.4 Å². The van der Waals surface area contributed by atoms with Crippen molar-refractivity contribution in [1.29, 1.82) is 0 Å². The molecule has 0 aliphatic carbocycles. The Kier molecular flexibility index (Phi) is 64.3. The highest BCUT2D eigenvalue weighted by atomic mass is 28.4. The first-order chi connectivity index (χ1) is 46.8. The molecule has 0 aromatic rings. The largest absolute Gasteiger partial charge is 0.500 e. The molecule has 4 atom stereocenters. The van der Waals surface area contributed by atoms with Crippen molar-refractivity contribution in [1.82, 2.24) is 42.5 Å². The lowest BCUT2D eigenvalue weighted by Gasteiger charge is -2.28. The lowest BCUT2D eigenvalue weighted by Crippen LogP contribution is -2.46. The number of ether oxygens (including phenoxy) is 8. The summed E-state index contributed by atoms with van der Waals surface area (Å²) in [5.74, 6) is -0.180. The number of rotatable bonds is 50. The normalized spacial score (nSPS) is 12.4. The summed E-state index contributed by atoms with van der Waals surface area (Å²) in [6, 6.07) is 2.40. The molecule has 0 aliphatic rings. The fourth-order valence-electron chi connectivity index (χ4n) is 7.65. The van der Waals surface area contributed by atoms with Gasteiger partial charge in [-0.3, -0.25) is 0 Å². The molecule has 0 heterocycles. The minimum Gasteiger partial charge on any atom is -0.449 e. The molecule has 0 aliphatic heterocycles. The van der Waals surface area contributed by atoms with Crippen LogP contribution in [0, 0.1) is 11.8 Å². The zero-order valence-electron chi connectivity index (χ0n) is 62.1.